The Hall–Kier alpha value is -0.240. The minimum absolute atomic E-state index is 0. The average molecular weight is 293 g/mol. The average Bonchev–Trinajstić information content (AvgIpc) is 2.35. The van der Waals surface area contributed by atoms with Gasteiger partial charge in [-0.15, -0.1) is 12.4 Å². The summed E-state index contributed by atoms with van der Waals surface area (Å²) in [5, 5.41) is 9.17. The number of carboxylic acid groups (broad SMARTS) is 1. The number of carbonyl (C=O) groups is 1. The molecule has 0 aliphatic heterocycles. The summed E-state index contributed by atoms with van der Waals surface area (Å²) >= 11 is 0. The van der Waals surface area contributed by atoms with Gasteiger partial charge in [-0.3, -0.25) is 4.79 Å². The molecule has 3 heteroatoms. The van der Waals surface area contributed by atoms with E-state index in [4.69, 9.17) is 0 Å². The van der Waals surface area contributed by atoms with E-state index in [1.807, 2.05) is 0 Å². The van der Waals surface area contributed by atoms with Crippen LogP contribution in [0.5, 0.6) is 0 Å². The second-order valence-electron chi connectivity index (χ2n) is 5.44. The van der Waals surface area contributed by atoms with Crippen LogP contribution in [0.1, 0.15) is 90.9 Å². The number of hydrogen-bond donors (Lipinski definition) is 1. The lowest BCUT2D eigenvalue weighted by Crippen LogP contribution is -2.13. The maximum atomic E-state index is 11.1. The highest BCUT2D eigenvalue weighted by Gasteiger charge is 2.15. The summed E-state index contributed by atoms with van der Waals surface area (Å²) in [6, 6.07) is 0. The van der Waals surface area contributed by atoms with Crippen molar-refractivity contribution >= 4 is 18.4 Å². The maximum Gasteiger partial charge on any atom is 0.306 e. The zero-order chi connectivity index (χ0) is 13.6. The van der Waals surface area contributed by atoms with Crippen LogP contribution in [-0.2, 0) is 4.79 Å². The van der Waals surface area contributed by atoms with E-state index in [9.17, 15) is 9.90 Å². The molecule has 0 aromatic carbocycles. The molecule has 0 bridgehead atoms. The van der Waals surface area contributed by atoms with Crippen molar-refractivity contribution in [1.29, 1.82) is 0 Å². The standard InChI is InChI=1S/C16H32O2.ClH/c1-3-5-7-9-10-12-14-15(16(17)18)13-11-8-6-4-2;/h15H,3-14H2,1-2H3,(H,17,18);1H. The minimum atomic E-state index is -0.583. The molecule has 1 N–H and O–H groups in total. The Bertz CT molecular complexity index is 195. The van der Waals surface area contributed by atoms with Crippen molar-refractivity contribution < 1.29 is 9.90 Å². The first kappa shape index (κ1) is 21.1. The van der Waals surface area contributed by atoms with Crippen molar-refractivity contribution in [2.45, 2.75) is 90.9 Å². The van der Waals surface area contributed by atoms with Gasteiger partial charge in [0.1, 0.15) is 0 Å². The Labute approximate surface area is 125 Å². The second kappa shape index (κ2) is 15.8. The molecular formula is C16H33ClO2. The molecule has 0 saturated carbocycles. The molecule has 0 rings (SSSR count). The summed E-state index contributed by atoms with van der Waals surface area (Å²) in [5.74, 6) is -0.673. The van der Waals surface area contributed by atoms with Crippen LogP contribution in [0.3, 0.4) is 0 Å². The summed E-state index contributed by atoms with van der Waals surface area (Å²) in [6.45, 7) is 4.40. The van der Waals surface area contributed by atoms with E-state index in [1.165, 1.54) is 51.4 Å². The Morgan fingerprint density at radius 3 is 1.58 bits per heavy atom. The molecule has 0 fully saturated rings. The molecule has 1 atom stereocenters. The minimum Gasteiger partial charge on any atom is -0.481 e. The van der Waals surface area contributed by atoms with Crippen LogP contribution in [0.15, 0.2) is 0 Å². The summed E-state index contributed by atoms with van der Waals surface area (Å²) in [7, 11) is 0. The molecule has 0 aromatic heterocycles. The Morgan fingerprint density at radius 2 is 1.16 bits per heavy atom. The molecule has 0 aliphatic rings. The summed E-state index contributed by atoms with van der Waals surface area (Å²) in [5.41, 5.74) is 0. The van der Waals surface area contributed by atoms with Crippen LogP contribution in [-0.4, -0.2) is 11.1 Å². The van der Waals surface area contributed by atoms with E-state index >= 15 is 0 Å². The van der Waals surface area contributed by atoms with Crippen LogP contribution in [0.2, 0.25) is 0 Å². The van der Waals surface area contributed by atoms with E-state index in [2.05, 4.69) is 13.8 Å². The van der Waals surface area contributed by atoms with Gasteiger partial charge in [-0.1, -0.05) is 78.1 Å². The molecule has 0 heterocycles. The van der Waals surface area contributed by atoms with Gasteiger partial charge in [0.25, 0.3) is 0 Å². The topological polar surface area (TPSA) is 37.3 Å². The Kier molecular flexibility index (Phi) is 17.5. The number of rotatable bonds is 13. The number of aliphatic carboxylic acids is 1. The third-order valence-electron chi connectivity index (χ3n) is 3.66. The first-order chi connectivity index (χ1) is 8.72. The smallest absolute Gasteiger partial charge is 0.306 e. The highest BCUT2D eigenvalue weighted by Crippen LogP contribution is 2.19. The first-order valence-electron chi connectivity index (χ1n) is 7.95. The molecule has 1 unspecified atom stereocenters. The fraction of sp³-hybridized carbons (Fsp3) is 0.938. The SMILES string of the molecule is CCCCCCCCC(CCCCCC)C(=O)O.Cl. The Morgan fingerprint density at radius 1 is 0.789 bits per heavy atom. The van der Waals surface area contributed by atoms with Crippen molar-refractivity contribution in [3.8, 4) is 0 Å². The molecule has 0 amide bonds. The molecule has 0 spiro atoms. The first-order valence-corrected chi connectivity index (χ1v) is 7.95. The third-order valence-corrected chi connectivity index (χ3v) is 3.66. The van der Waals surface area contributed by atoms with E-state index in [-0.39, 0.29) is 18.3 Å². The molecule has 2 nitrogen and oxygen atoms in total. The molecule has 19 heavy (non-hydrogen) atoms. The summed E-state index contributed by atoms with van der Waals surface area (Å²) in [4.78, 5) is 11.1. The molecule has 116 valence electrons. The predicted octanol–water partition coefficient (Wildman–Crippen LogP) is 5.83. The summed E-state index contributed by atoms with van der Waals surface area (Å²) in [6.07, 6.45) is 14.0. The maximum absolute atomic E-state index is 11.1. The summed E-state index contributed by atoms with van der Waals surface area (Å²) < 4.78 is 0. The number of halogens is 1. The van der Waals surface area contributed by atoms with Crippen molar-refractivity contribution in [2.75, 3.05) is 0 Å². The second-order valence-corrected chi connectivity index (χ2v) is 5.44. The van der Waals surface area contributed by atoms with Crippen LogP contribution in [0.25, 0.3) is 0 Å². The fourth-order valence-electron chi connectivity index (χ4n) is 2.38. The van der Waals surface area contributed by atoms with Gasteiger partial charge in [0.15, 0.2) is 0 Å². The predicted molar refractivity (Wildman–Crippen MR) is 85.1 cm³/mol. The lowest BCUT2D eigenvalue weighted by atomic mass is 9.94. The zero-order valence-corrected chi connectivity index (χ0v) is 13.6. The van der Waals surface area contributed by atoms with Crippen molar-refractivity contribution in [3.63, 3.8) is 0 Å². The molecular weight excluding hydrogens is 260 g/mol. The lowest BCUT2D eigenvalue weighted by Gasteiger charge is -2.11. The molecule has 0 aromatic rings. The van der Waals surface area contributed by atoms with Crippen molar-refractivity contribution in [2.24, 2.45) is 5.92 Å². The largest absolute Gasteiger partial charge is 0.481 e. The van der Waals surface area contributed by atoms with Gasteiger partial charge in [0.05, 0.1) is 5.92 Å². The van der Waals surface area contributed by atoms with Crippen LogP contribution >= 0.6 is 12.4 Å². The Balaban J connectivity index is 0. The molecule has 0 aliphatic carbocycles. The lowest BCUT2D eigenvalue weighted by molar-refractivity contribution is -0.142. The van der Waals surface area contributed by atoms with E-state index in [0.717, 1.165) is 25.7 Å². The fourth-order valence-corrected chi connectivity index (χ4v) is 2.38. The number of hydrogen-bond acceptors (Lipinski definition) is 1. The van der Waals surface area contributed by atoms with Gasteiger partial charge in [0.2, 0.25) is 0 Å². The molecule has 0 radical (unpaired) electrons. The molecule has 0 saturated heterocycles. The van der Waals surface area contributed by atoms with Crippen molar-refractivity contribution in [3.05, 3.63) is 0 Å². The van der Waals surface area contributed by atoms with Crippen LogP contribution in [0, 0.1) is 5.92 Å². The zero-order valence-electron chi connectivity index (χ0n) is 12.8. The van der Waals surface area contributed by atoms with Crippen LogP contribution < -0.4 is 0 Å². The highest BCUT2D eigenvalue weighted by molar-refractivity contribution is 5.85. The van der Waals surface area contributed by atoms with Gasteiger partial charge in [-0.25, -0.2) is 0 Å². The quantitative estimate of drug-likeness (QED) is 0.434. The normalized spacial score (nSPS) is 11.9. The van der Waals surface area contributed by atoms with Crippen molar-refractivity contribution in [1.82, 2.24) is 0 Å². The number of carboxylic acids is 1. The number of unbranched alkanes of at least 4 members (excludes halogenated alkanes) is 8. The van der Waals surface area contributed by atoms with Gasteiger partial charge < -0.3 is 5.11 Å². The van der Waals surface area contributed by atoms with Gasteiger partial charge in [-0.05, 0) is 12.8 Å². The van der Waals surface area contributed by atoms with Gasteiger partial charge in [0, 0.05) is 0 Å². The van der Waals surface area contributed by atoms with E-state index in [1.54, 1.807) is 0 Å². The monoisotopic (exact) mass is 292 g/mol. The van der Waals surface area contributed by atoms with E-state index < -0.39 is 5.97 Å². The van der Waals surface area contributed by atoms with E-state index in [0.29, 0.717) is 0 Å². The third kappa shape index (κ3) is 14.0. The van der Waals surface area contributed by atoms with Crippen LogP contribution in [0.4, 0.5) is 0 Å². The highest BCUT2D eigenvalue weighted by atomic mass is 35.5. The van der Waals surface area contributed by atoms with Gasteiger partial charge in [-0.2, -0.15) is 0 Å². The van der Waals surface area contributed by atoms with Gasteiger partial charge >= 0.3 is 5.97 Å².